The summed E-state index contributed by atoms with van der Waals surface area (Å²) >= 11 is 0. The summed E-state index contributed by atoms with van der Waals surface area (Å²) in [6.07, 6.45) is 5.60. The Morgan fingerprint density at radius 1 is 1.22 bits per heavy atom. The quantitative estimate of drug-likeness (QED) is 0.115. The zero-order chi connectivity index (χ0) is 36.6. The van der Waals surface area contributed by atoms with Gasteiger partial charge in [-0.05, 0) is 97.2 Å². The first-order valence-electron chi connectivity index (χ1n) is 17.3. The van der Waals surface area contributed by atoms with Crippen molar-refractivity contribution in [3.63, 3.8) is 0 Å². The number of aromatic nitrogens is 2. The van der Waals surface area contributed by atoms with Crippen LogP contribution in [0.1, 0.15) is 105 Å². The molecule has 13 nitrogen and oxygen atoms in total. The molecule has 2 aliphatic heterocycles. The van der Waals surface area contributed by atoms with Crippen LogP contribution in [0.25, 0.3) is 11.0 Å². The maximum Gasteiger partial charge on any atom is 0.263 e. The van der Waals surface area contributed by atoms with E-state index in [9.17, 15) is 24.0 Å². The lowest BCUT2D eigenvalue weighted by Gasteiger charge is -2.29. The number of primary amides is 1. The molecule has 5 amide bonds. The molecule has 2 aromatic carbocycles. The van der Waals surface area contributed by atoms with Gasteiger partial charge in [-0.1, -0.05) is 31.5 Å². The number of ether oxygens (including phenoxy) is 1. The second kappa shape index (κ2) is 16.4. The largest absolute Gasteiger partial charge is 0.384 e. The summed E-state index contributed by atoms with van der Waals surface area (Å²) in [6.45, 7) is 12.5. The van der Waals surface area contributed by atoms with E-state index in [0.717, 1.165) is 54.9 Å². The van der Waals surface area contributed by atoms with E-state index in [0.29, 0.717) is 47.5 Å². The lowest BCUT2D eigenvalue weighted by molar-refractivity contribution is -0.139. The Morgan fingerprint density at radius 2 is 1.96 bits per heavy atom. The van der Waals surface area contributed by atoms with Crippen LogP contribution in [0.4, 0.5) is 5.69 Å². The number of amides is 5. The second-order valence-electron chi connectivity index (χ2n) is 13.9. The predicted molar refractivity (Wildman–Crippen MR) is 191 cm³/mol. The number of carbonyl (C=O) groups excluding carboxylic acids is 5. The number of nitrogens with one attached hydrogen (secondary N) is 3. The van der Waals surface area contributed by atoms with E-state index in [1.165, 1.54) is 0 Å². The van der Waals surface area contributed by atoms with Crippen LogP contribution in [-0.4, -0.2) is 88.2 Å². The molecule has 270 valence electrons. The number of imidazole rings is 1. The summed E-state index contributed by atoms with van der Waals surface area (Å²) in [7, 11) is 2.11. The summed E-state index contributed by atoms with van der Waals surface area (Å²) in [5.74, 6) is -1.12. The first-order valence-corrected chi connectivity index (χ1v) is 17.3. The van der Waals surface area contributed by atoms with E-state index in [4.69, 9.17) is 10.5 Å². The summed E-state index contributed by atoms with van der Waals surface area (Å²) in [5.41, 5.74) is 8.64. The van der Waals surface area contributed by atoms with E-state index in [1.54, 1.807) is 25.1 Å². The van der Waals surface area contributed by atoms with Gasteiger partial charge in [0.15, 0.2) is 0 Å². The molecule has 5 N–H and O–H groups in total. The molecule has 50 heavy (non-hydrogen) atoms. The van der Waals surface area contributed by atoms with Gasteiger partial charge >= 0.3 is 0 Å². The zero-order valence-corrected chi connectivity index (χ0v) is 30.1. The number of nitrogens with zero attached hydrogens (tertiary/aromatic N) is 3. The Kier molecular flexibility index (Phi) is 12.5. The Labute approximate surface area is 293 Å². The number of benzene rings is 2. The summed E-state index contributed by atoms with van der Waals surface area (Å²) in [4.78, 5) is 71.2. The molecule has 0 saturated carbocycles. The molecule has 0 bridgehead atoms. The number of hydrogen-bond donors (Lipinski definition) is 4. The summed E-state index contributed by atoms with van der Waals surface area (Å²) in [6, 6.07) is 9.86. The molecule has 1 aromatic heterocycles. The highest BCUT2D eigenvalue weighted by Crippen LogP contribution is 2.36. The lowest BCUT2D eigenvalue weighted by atomic mass is 9.98. The molecular weight excluding hydrogens is 638 g/mol. The van der Waals surface area contributed by atoms with Crippen molar-refractivity contribution in [2.24, 2.45) is 5.73 Å². The summed E-state index contributed by atoms with van der Waals surface area (Å²) < 4.78 is 5.93. The second-order valence-corrected chi connectivity index (χ2v) is 13.9. The van der Waals surface area contributed by atoms with Crippen LogP contribution in [0.5, 0.6) is 0 Å². The van der Waals surface area contributed by atoms with Gasteiger partial charge in [0.1, 0.15) is 17.4 Å². The van der Waals surface area contributed by atoms with Gasteiger partial charge in [0.2, 0.25) is 18.2 Å². The first-order chi connectivity index (χ1) is 23.7. The normalized spacial score (nSPS) is 19.4. The van der Waals surface area contributed by atoms with Crippen LogP contribution in [0, 0.1) is 6.92 Å². The Morgan fingerprint density at radius 3 is 2.60 bits per heavy atom. The number of nitrogens with two attached hydrogens (primary N) is 1. The molecule has 3 heterocycles. The van der Waals surface area contributed by atoms with Crippen molar-refractivity contribution in [3.8, 4) is 0 Å². The Balaban J connectivity index is 0.000000250. The predicted octanol–water partition coefficient (Wildman–Crippen LogP) is 4.40. The van der Waals surface area contributed by atoms with E-state index in [-0.39, 0.29) is 24.0 Å². The average molecular weight is 690 g/mol. The molecule has 2 saturated heterocycles. The van der Waals surface area contributed by atoms with E-state index < -0.39 is 29.7 Å². The van der Waals surface area contributed by atoms with Crippen LogP contribution >= 0.6 is 0 Å². The lowest BCUT2D eigenvalue weighted by Crippen LogP contribution is -2.54. The molecule has 3 aromatic rings. The number of aromatic amines is 1. The highest BCUT2D eigenvalue weighted by atomic mass is 16.5. The van der Waals surface area contributed by atoms with Crippen molar-refractivity contribution in [1.29, 1.82) is 0 Å². The number of fused-ring (bicyclic) bond motifs is 1. The van der Waals surface area contributed by atoms with Crippen molar-refractivity contribution in [3.05, 3.63) is 58.9 Å². The smallest absolute Gasteiger partial charge is 0.263 e. The number of anilines is 1. The zero-order valence-electron chi connectivity index (χ0n) is 30.1. The Hall–Kier alpha value is -4.62. The number of unbranched alkanes of at least 4 members (excludes halogenated alkanes) is 1. The van der Waals surface area contributed by atoms with Gasteiger partial charge in [0.25, 0.3) is 11.8 Å². The molecule has 2 fully saturated rings. The van der Waals surface area contributed by atoms with Crippen molar-refractivity contribution >= 4 is 46.8 Å². The molecule has 2 aliphatic rings. The van der Waals surface area contributed by atoms with Crippen LogP contribution in [0.3, 0.4) is 0 Å². The first kappa shape index (κ1) is 38.2. The fourth-order valence-corrected chi connectivity index (χ4v) is 6.38. The number of hydrogen-bond acceptors (Lipinski definition) is 9. The minimum Gasteiger partial charge on any atom is -0.384 e. The topological polar surface area (TPSA) is 180 Å². The average Bonchev–Trinajstić information content (AvgIpc) is 3.66. The number of aryl methyl sites for hydroxylation is 1. The van der Waals surface area contributed by atoms with E-state index >= 15 is 0 Å². The van der Waals surface area contributed by atoms with Crippen LogP contribution < -0.4 is 16.4 Å². The summed E-state index contributed by atoms with van der Waals surface area (Å²) in [5, 5.41) is 5.47. The third-order valence-corrected chi connectivity index (χ3v) is 9.70. The van der Waals surface area contributed by atoms with Gasteiger partial charge < -0.3 is 20.8 Å². The SMILES string of the molecule is CCCCOC(C)(C)CCNc1cccc(C)c1C(=O)N(C=O)C1CCC(=O)NC1=O.CN1CCC[C@]1(C)c1nc2c(C(N)=O)cccc2[nH]1. The van der Waals surface area contributed by atoms with Gasteiger partial charge in [0, 0.05) is 25.3 Å². The highest BCUT2D eigenvalue weighted by Gasteiger charge is 2.39. The number of para-hydroxylation sites is 1. The fraction of sp³-hybridized carbons (Fsp3) is 0.514. The molecule has 13 heteroatoms. The third kappa shape index (κ3) is 8.75. The van der Waals surface area contributed by atoms with Crippen molar-refractivity contribution in [2.45, 2.75) is 96.7 Å². The van der Waals surface area contributed by atoms with Gasteiger partial charge in [-0.2, -0.15) is 0 Å². The third-order valence-electron chi connectivity index (χ3n) is 9.70. The molecule has 0 aliphatic carbocycles. The van der Waals surface area contributed by atoms with Crippen molar-refractivity contribution < 1.29 is 28.7 Å². The Bertz CT molecular complexity index is 1720. The monoisotopic (exact) mass is 689 g/mol. The maximum absolute atomic E-state index is 13.2. The van der Waals surface area contributed by atoms with Gasteiger partial charge in [0.05, 0.1) is 27.8 Å². The number of likely N-dealkylation sites (tertiary alicyclic amines) is 1. The fourth-order valence-electron chi connectivity index (χ4n) is 6.38. The highest BCUT2D eigenvalue weighted by molar-refractivity contribution is 6.09. The van der Waals surface area contributed by atoms with Crippen molar-refractivity contribution in [2.75, 3.05) is 32.1 Å². The maximum atomic E-state index is 13.2. The molecule has 0 radical (unpaired) electrons. The molecule has 1 unspecified atom stereocenters. The molecule has 0 spiro atoms. The van der Waals surface area contributed by atoms with Gasteiger partial charge in [-0.25, -0.2) is 4.98 Å². The van der Waals surface area contributed by atoms with E-state index in [2.05, 4.69) is 46.4 Å². The standard InChI is InChI=1S/C23H33N3O5.C14H18N4O/c1-5-6-14-31-23(3,4)12-13-24-17-9-7-8-16(2)20(17)22(30)26(15-27)18-10-11-19(28)25-21(18)29;1-14(7-4-8-18(14)2)13-16-10-6-3-5-9(12(15)19)11(10)17-13/h7-9,15,18,24H,5-6,10-14H2,1-4H3,(H,25,28,29);3,5-6H,4,7-8H2,1-2H3,(H2,15,19)(H,16,17)/t;14-/m.1/s1. The van der Waals surface area contributed by atoms with Crippen LogP contribution in [0.2, 0.25) is 0 Å². The number of rotatable bonds is 13. The van der Waals surface area contributed by atoms with Crippen LogP contribution in [0.15, 0.2) is 36.4 Å². The number of H-pyrrole nitrogens is 1. The molecule has 5 rings (SSSR count). The van der Waals surface area contributed by atoms with E-state index in [1.807, 2.05) is 32.0 Å². The van der Waals surface area contributed by atoms with Crippen LogP contribution in [-0.2, 0) is 24.7 Å². The van der Waals surface area contributed by atoms with Gasteiger partial charge in [-0.3, -0.25) is 39.1 Å². The number of piperidine rings is 1. The van der Waals surface area contributed by atoms with Gasteiger partial charge in [-0.15, -0.1) is 0 Å². The minimum atomic E-state index is -0.999. The minimum absolute atomic E-state index is 0.0834. The number of carbonyl (C=O) groups is 5. The van der Waals surface area contributed by atoms with Crippen molar-refractivity contribution in [1.82, 2.24) is 25.1 Å². The molecule has 2 atom stereocenters. The molecular formula is C37H51N7O6. The number of imide groups is 2.